The van der Waals surface area contributed by atoms with E-state index in [4.69, 9.17) is 4.74 Å². The van der Waals surface area contributed by atoms with Crippen LogP contribution in [0.3, 0.4) is 0 Å². The Labute approximate surface area is 150 Å². The lowest BCUT2D eigenvalue weighted by molar-refractivity contribution is -0.242. The third-order valence-corrected chi connectivity index (χ3v) is 9.49. The molecule has 1 heterocycles. The molecule has 4 saturated carbocycles. The van der Waals surface area contributed by atoms with Gasteiger partial charge in [-0.2, -0.15) is 0 Å². The van der Waals surface area contributed by atoms with Gasteiger partial charge in [0.15, 0.2) is 5.79 Å². The number of ether oxygens (including phenoxy) is 1. The molecule has 25 heavy (non-hydrogen) atoms. The van der Waals surface area contributed by atoms with Gasteiger partial charge < -0.3 is 14.9 Å². The highest BCUT2D eigenvalue weighted by molar-refractivity contribution is 5.84. The van der Waals surface area contributed by atoms with Crippen LogP contribution < -0.4 is 0 Å². The maximum atomic E-state index is 12.7. The summed E-state index contributed by atoms with van der Waals surface area (Å²) in [5.74, 6) is 1.55. The van der Waals surface area contributed by atoms with Crippen LogP contribution in [0, 0.1) is 40.4 Å². The van der Waals surface area contributed by atoms with Gasteiger partial charge in [0.2, 0.25) is 0 Å². The fourth-order valence-electron chi connectivity index (χ4n) is 8.33. The minimum absolute atomic E-state index is 0.0333. The van der Waals surface area contributed by atoms with Gasteiger partial charge in [-0.15, -0.1) is 0 Å². The van der Waals surface area contributed by atoms with Crippen molar-refractivity contribution in [2.24, 2.45) is 40.4 Å². The van der Waals surface area contributed by atoms with E-state index in [1.165, 1.54) is 6.42 Å². The van der Waals surface area contributed by atoms with E-state index in [9.17, 15) is 15.0 Å². The van der Waals surface area contributed by atoms with E-state index in [1.54, 1.807) is 0 Å². The van der Waals surface area contributed by atoms with Crippen LogP contribution in [0.25, 0.3) is 0 Å². The van der Waals surface area contributed by atoms with Gasteiger partial charge in [-0.3, -0.25) is 4.79 Å². The lowest BCUT2D eigenvalue weighted by atomic mass is 9.44. The second-order valence-corrected chi connectivity index (χ2v) is 10.1. The van der Waals surface area contributed by atoms with E-state index in [2.05, 4.69) is 13.8 Å². The quantitative estimate of drug-likeness (QED) is 0.765. The molecule has 0 unspecified atom stereocenters. The molecule has 0 amide bonds. The van der Waals surface area contributed by atoms with Gasteiger partial charge in [-0.05, 0) is 67.6 Å². The van der Waals surface area contributed by atoms with Gasteiger partial charge in [0.05, 0.1) is 6.61 Å². The van der Waals surface area contributed by atoms with Crippen LogP contribution in [-0.4, -0.2) is 34.5 Å². The van der Waals surface area contributed by atoms with E-state index in [1.807, 2.05) is 0 Å². The summed E-state index contributed by atoms with van der Waals surface area (Å²) in [5, 5.41) is 21.1. The smallest absolute Gasteiger partial charge is 0.192 e. The summed E-state index contributed by atoms with van der Waals surface area (Å²) in [4.78, 5) is 12.7. The first-order valence-corrected chi connectivity index (χ1v) is 10.4. The topological polar surface area (TPSA) is 66.8 Å². The predicted molar refractivity (Wildman–Crippen MR) is 92.5 cm³/mol. The Kier molecular flexibility index (Phi) is 3.39. The Balaban J connectivity index is 1.50. The number of carbonyl (C=O) groups excluding carboxylic acids is 1. The van der Waals surface area contributed by atoms with Crippen molar-refractivity contribution < 1.29 is 19.7 Å². The van der Waals surface area contributed by atoms with Gasteiger partial charge in [0, 0.05) is 24.2 Å². The SMILES string of the molecule is CC[C@H]1C(=O)C[C@@H]2[C@H]3CC[C@H]4C[C@@H](O)[C@]5(O)C[C@]4(CO5)[C@@H]3CC[C@@]21C. The van der Waals surface area contributed by atoms with E-state index in [-0.39, 0.29) is 16.7 Å². The highest BCUT2D eigenvalue weighted by Gasteiger charge is 2.68. The highest BCUT2D eigenvalue weighted by Crippen LogP contribution is 2.69. The van der Waals surface area contributed by atoms with Crippen LogP contribution in [-0.2, 0) is 9.53 Å². The summed E-state index contributed by atoms with van der Waals surface area (Å²) in [6.07, 6.45) is 6.89. The lowest BCUT2D eigenvalue weighted by Crippen LogP contribution is -2.58. The number of hydrogen-bond donors (Lipinski definition) is 2. The summed E-state index contributed by atoms with van der Waals surface area (Å²) in [5.41, 5.74) is 0.214. The summed E-state index contributed by atoms with van der Waals surface area (Å²) >= 11 is 0. The summed E-state index contributed by atoms with van der Waals surface area (Å²) in [6.45, 7) is 5.15. The number of Topliss-reactive ketones (excluding diaryl/α,β-unsaturated/α-hetero) is 1. The molecule has 0 radical (unpaired) electrons. The maximum absolute atomic E-state index is 12.7. The number of aliphatic hydroxyl groups excluding tert-OH is 1. The van der Waals surface area contributed by atoms with Crippen LogP contribution in [0.1, 0.15) is 65.2 Å². The number of aliphatic hydroxyl groups is 2. The summed E-state index contributed by atoms with van der Waals surface area (Å²) < 4.78 is 5.82. The first-order chi connectivity index (χ1) is 11.8. The second-order valence-electron chi connectivity index (χ2n) is 10.1. The van der Waals surface area contributed by atoms with E-state index in [0.717, 1.165) is 32.1 Å². The third kappa shape index (κ3) is 1.92. The molecule has 0 aromatic rings. The van der Waals surface area contributed by atoms with Crippen LogP contribution >= 0.6 is 0 Å². The fourth-order valence-corrected chi connectivity index (χ4v) is 8.33. The van der Waals surface area contributed by atoms with E-state index < -0.39 is 11.9 Å². The summed E-state index contributed by atoms with van der Waals surface area (Å²) in [6, 6.07) is 0. The second kappa shape index (κ2) is 5.08. The zero-order chi connectivity index (χ0) is 17.6. The molecular weight excluding hydrogens is 316 g/mol. The van der Waals surface area contributed by atoms with Crippen LogP contribution in [0.5, 0.6) is 0 Å². The standard InChI is InChI=1S/C21H32O4/c1-3-14-17(22)9-16-13-5-4-12-8-18(23)21(24)10-20(12,11-25-21)15(13)6-7-19(14,16)2/h12-16,18,23-24H,3-11H2,1-2H3/t12-,13-,14-,15+,16+,18+,19+,20+,21-/m0/s1. The zero-order valence-corrected chi connectivity index (χ0v) is 15.5. The average Bonchev–Trinajstić information content (AvgIpc) is 3.02. The molecule has 4 nitrogen and oxygen atoms in total. The fraction of sp³-hybridized carbons (Fsp3) is 0.952. The largest absolute Gasteiger partial charge is 0.388 e. The molecule has 5 rings (SSSR count). The Morgan fingerprint density at radius 2 is 2.04 bits per heavy atom. The van der Waals surface area contributed by atoms with Crippen molar-refractivity contribution in [1.82, 2.24) is 0 Å². The predicted octanol–water partition coefficient (Wildman–Crippen LogP) is 2.90. The van der Waals surface area contributed by atoms with Crippen molar-refractivity contribution in [1.29, 1.82) is 0 Å². The van der Waals surface area contributed by atoms with Gasteiger partial charge >= 0.3 is 0 Å². The molecule has 0 aromatic heterocycles. The molecule has 4 heteroatoms. The van der Waals surface area contributed by atoms with Crippen molar-refractivity contribution >= 4 is 5.78 Å². The Morgan fingerprint density at radius 1 is 1.24 bits per heavy atom. The van der Waals surface area contributed by atoms with Crippen molar-refractivity contribution in [2.75, 3.05) is 6.61 Å². The molecule has 4 aliphatic carbocycles. The molecule has 1 aliphatic heterocycles. The van der Waals surface area contributed by atoms with Gasteiger partial charge in [0.1, 0.15) is 11.9 Å². The number of ketones is 1. The van der Waals surface area contributed by atoms with Crippen LogP contribution in [0.15, 0.2) is 0 Å². The maximum Gasteiger partial charge on any atom is 0.192 e. The summed E-state index contributed by atoms with van der Waals surface area (Å²) in [7, 11) is 0. The monoisotopic (exact) mass is 348 g/mol. The van der Waals surface area contributed by atoms with Crippen molar-refractivity contribution in [2.45, 2.75) is 77.1 Å². The molecule has 5 aliphatic rings. The lowest BCUT2D eigenvalue weighted by Gasteiger charge is -2.60. The van der Waals surface area contributed by atoms with E-state index >= 15 is 0 Å². The third-order valence-electron chi connectivity index (χ3n) is 9.49. The van der Waals surface area contributed by atoms with Crippen LogP contribution in [0.4, 0.5) is 0 Å². The normalized spacial score (nSPS) is 60.1. The Hall–Kier alpha value is -0.450. The Morgan fingerprint density at radius 3 is 2.80 bits per heavy atom. The molecule has 2 bridgehead atoms. The number of carbonyl (C=O) groups is 1. The minimum Gasteiger partial charge on any atom is -0.388 e. The molecule has 1 saturated heterocycles. The minimum atomic E-state index is -1.32. The molecule has 5 fully saturated rings. The first kappa shape index (κ1) is 16.7. The molecule has 2 N–H and O–H groups in total. The molecule has 9 atom stereocenters. The van der Waals surface area contributed by atoms with Gasteiger partial charge in [-0.25, -0.2) is 0 Å². The van der Waals surface area contributed by atoms with Crippen molar-refractivity contribution in [3.05, 3.63) is 0 Å². The molecule has 0 aromatic carbocycles. The zero-order valence-electron chi connectivity index (χ0n) is 15.5. The number of fused-ring (bicyclic) bond motifs is 4. The Bertz CT molecular complexity index is 605. The molecule has 1 spiro atoms. The average molecular weight is 348 g/mol. The van der Waals surface area contributed by atoms with Crippen molar-refractivity contribution in [3.8, 4) is 0 Å². The van der Waals surface area contributed by atoms with Gasteiger partial charge in [-0.1, -0.05) is 13.8 Å². The van der Waals surface area contributed by atoms with Crippen LogP contribution in [0.2, 0.25) is 0 Å². The molecule has 140 valence electrons. The number of rotatable bonds is 1. The van der Waals surface area contributed by atoms with Gasteiger partial charge in [0.25, 0.3) is 0 Å². The van der Waals surface area contributed by atoms with E-state index in [0.29, 0.717) is 48.9 Å². The number of hydrogen-bond acceptors (Lipinski definition) is 4. The van der Waals surface area contributed by atoms with Crippen molar-refractivity contribution in [3.63, 3.8) is 0 Å². The first-order valence-electron chi connectivity index (χ1n) is 10.4. The highest BCUT2D eigenvalue weighted by atomic mass is 16.6. The molecular formula is C21H32O4.